The molecule has 22 heavy (non-hydrogen) atoms. The highest BCUT2D eigenvalue weighted by Crippen LogP contribution is 2.29. The maximum Gasteiger partial charge on any atom is 0.284 e. The number of anilines is 1. The maximum atomic E-state index is 14.1. The first kappa shape index (κ1) is 14.7. The van der Waals surface area contributed by atoms with Gasteiger partial charge in [-0.2, -0.15) is 0 Å². The highest BCUT2D eigenvalue weighted by molar-refractivity contribution is 6.30. The van der Waals surface area contributed by atoms with Crippen molar-refractivity contribution in [3.05, 3.63) is 64.4 Å². The van der Waals surface area contributed by atoms with Crippen molar-refractivity contribution in [2.24, 2.45) is 4.99 Å². The van der Waals surface area contributed by atoms with E-state index in [1.54, 1.807) is 24.3 Å². The predicted molar refractivity (Wildman–Crippen MR) is 81.8 cm³/mol. The fraction of sp³-hybridized carbons (Fsp3) is 0.125. The number of aliphatic imine (C=N–C) groups is 1. The lowest BCUT2D eigenvalue weighted by Crippen LogP contribution is -2.32. The van der Waals surface area contributed by atoms with Crippen LogP contribution in [-0.4, -0.2) is 25.0 Å². The molecule has 0 fully saturated rings. The molecular formula is C16H11ClF2N2O. The highest BCUT2D eigenvalue weighted by atomic mass is 35.5. The molecule has 2 aromatic rings. The summed E-state index contributed by atoms with van der Waals surface area (Å²) in [6, 6.07) is 10.5. The van der Waals surface area contributed by atoms with E-state index in [1.807, 2.05) is 0 Å². The van der Waals surface area contributed by atoms with Crippen LogP contribution in [0.15, 0.2) is 47.5 Å². The van der Waals surface area contributed by atoms with Crippen LogP contribution in [-0.2, 0) is 4.79 Å². The van der Waals surface area contributed by atoms with Gasteiger partial charge in [0.2, 0.25) is 0 Å². The summed E-state index contributed by atoms with van der Waals surface area (Å²) in [6.07, 6.45) is -2.04. The van der Waals surface area contributed by atoms with Crippen LogP contribution in [0.1, 0.15) is 11.1 Å². The van der Waals surface area contributed by atoms with E-state index in [2.05, 4.69) is 4.99 Å². The van der Waals surface area contributed by atoms with Crippen molar-refractivity contribution in [2.45, 2.75) is 6.30 Å². The molecule has 0 radical (unpaired) electrons. The van der Waals surface area contributed by atoms with Gasteiger partial charge >= 0.3 is 0 Å². The molecule has 0 N–H and O–H groups in total. The summed E-state index contributed by atoms with van der Waals surface area (Å²) in [7, 11) is 1.44. The average Bonchev–Trinajstić information content (AvgIpc) is 2.59. The number of benzodiazepines with no additional fused rings is 1. The first-order valence-corrected chi connectivity index (χ1v) is 6.90. The van der Waals surface area contributed by atoms with Crippen LogP contribution in [0.25, 0.3) is 0 Å². The summed E-state index contributed by atoms with van der Waals surface area (Å²) in [5.41, 5.74) is 1.54. The van der Waals surface area contributed by atoms with Crippen molar-refractivity contribution < 1.29 is 13.6 Å². The SMILES string of the molecule is CN1C(=O)C(F)N=C(c2ccc(Cl)cc2)c2cc(F)ccc21. The number of rotatable bonds is 1. The van der Waals surface area contributed by atoms with Crippen LogP contribution >= 0.6 is 11.6 Å². The zero-order valence-electron chi connectivity index (χ0n) is 11.6. The fourth-order valence-electron chi connectivity index (χ4n) is 2.34. The summed E-state index contributed by atoms with van der Waals surface area (Å²) < 4.78 is 27.7. The maximum absolute atomic E-state index is 14.1. The van der Waals surface area contributed by atoms with Crippen LogP contribution in [0.5, 0.6) is 0 Å². The molecule has 0 aliphatic carbocycles. The molecule has 1 aliphatic heterocycles. The molecule has 6 heteroatoms. The van der Waals surface area contributed by atoms with Gasteiger partial charge in [0.1, 0.15) is 5.82 Å². The molecule has 0 saturated carbocycles. The Kier molecular flexibility index (Phi) is 3.66. The second kappa shape index (κ2) is 5.50. The minimum Gasteiger partial charge on any atom is -0.311 e. The Hall–Kier alpha value is -2.27. The summed E-state index contributed by atoms with van der Waals surface area (Å²) in [5, 5.41) is 0.516. The van der Waals surface area contributed by atoms with E-state index in [4.69, 9.17) is 11.6 Å². The molecule has 0 bridgehead atoms. The molecule has 3 rings (SSSR count). The topological polar surface area (TPSA) is 32.7 Å². The van der Waals surface area contributed by atoms with E-state index in [0.717, 1.165) is 4.90 Å². The minimum atomic E-state index is -2.04. The van der Waals surface area contributed by atoms with Crippen LogP contribution in [0.4, 0.5) is 14.5 Å². The third kappa shape index (κ3) is 2.48. The van der Waals surface area contributed by atoms with Crippen LogP contribution in [0.2, 0.25) is 5.02 Å². The molecular weight excluding hydrogens is 310 g/mol. The summed E-state index contributed by atoms with van der Waals surface area (Å²) >= 11 is 5.85. The van der Waals surface area contributed by atoms with Gasteiger partial charge in [-0.1, -0.05) is 23.7 Å². The molecule has 1 heterocycles. The van der Waals surface area contributed by atoms with E-state index in [-0.39, 0.29) is 5.71 Å². The zero-order chi connectivity index (χ0) is 15.9. The molecule has 0 saturated heterocycles. The Labute approximate surface area is 130 Å². The third-order valence-electron chi connectivity index (χ3n) is 3.47. The average molecular weight is 321 g/mol. The van der Waals surface area contributed by atoms with Gasteiger partial charge in [-0.15, -0.1) is 0 Å². The van der Waals surface area contributed by atoms with Crippen molar-refractivity contribution in [3.63, 3.8) is 0 Å². The summed E-state index contributed by atoms with van der Waals surface area (Å²) in [6.45, 7) is 0. The van der Waals surface area contributed by atoms with Crippen LogP contribution in [0.3, 0.4) is 0 Å². The van der Waals surface area contributed by atoms with E-state index in [0.29, 0.717) is 21.8 Å². The van der Waals surface area contributed by atoms with Gasteiger partial charge in [-0.3, -0.25) is 4.79 Å². The number of halogens is 3. The van der Waals surface area contributed by atoms with Crippen molar-refractivity contribution in [2.75, 3.05) is 11.9 Å². The normalized spacial score (nSPS) is 17.8. The minimum absolute atomic E-state index is 0.219. The number of benzene rings is 2. The zero-order valence-corrected chi connectivity index (χ0v) is 12.3. The molecule has 0 spiro atoms. The predicted octanol–water partition coefficient (Wildman–Crippen LogP) is 3.59. The Morgan fingerprint density at radius 1 is 1.18 bits per heavy atom. The van der Waals surface area contributed by atoms with E-state index < -0.39 is 18.0 Å². The number of likely N-dealkylation sites (N-methyl/N-ethyl adjacent to an activating group) is 1. The number of hydrogen-bond acceptors (Lipinski definition) is 2. The van der Waals surface area contributed by atoms with Crippen molar-refractivity contribution in [1.82, 2.24) is 0 Å². The third-order valence-corrected chi connectivity index (χ3v) is 3.72. The highest BCUT2D eigenvalue weighted by Gasteiger charge is 2.29. The Morgan fingerprint density at radius 2 is 1.86 bits per heavy atom. The molecule has 3 nitrogen and oxygen atoms in total. The van der Waals surface area contributed by atoms with E-state index >= 15 is 0 Å². The Balaban J connectivity index is 2.25. The molecule has 1 atom stereocenters. The quantitative estimate of drug-likeness (QED) is 0.739. The second-order valence-corrected chi connectivity index (χ2v) is 5.32. The molecule has 1 unspecified atom stereocenters. The number of nitrogens with zero attached hydrogens (tertiary/aromatic N) is 2. The first-order chi connectivity index (χ1) is 10.5. The van der Waals surface area contributed by atoms with E-state index in [1.165, 1.54) is 25.2 Å². The fourth-order valence-corrected chi connectivity index (χ4v) is 2.47. The number of amides is 1. The van der Waals surface area contributed by atoms with Gasteiger partial charge < -0.3 is 4.90 Å². The van der Waals surface area contributed by atoms with Crippen LogP contribution in [0, 0.1) is 5.82 Å². The number of hydrogen-bond donors (Lipinski definition) is 0. The summed E-state index contributed by atoms with van der Waals surface area (Å²) in [4.78, 5) is 16.9. The van der Waals surface area contributed by atoms with E-state index in [9.17, 15) is 13.6 Å². The molecule has 1 amide bonds. The van der Waals surface area contributed by atoms with Gasteiger partial charge in [0.15, 0.2) is 0 Å². The number of fused-ring (bicyclic) bond motifs is 1. The lowest BCUT2D eigenvalue weighted by molar-refractivity contribution is -0.122. The first-order valence-electron chi connectivity index (χ1n) is 6.52. The Bertz CT molecular complexity index is 774. The van der Waals surface area contributed by atoms with Crippen molar-refractivity contribution in [1.29, 1.82) is 0 Å². The van der Waals surface area contributed by atoms with Gasteiger partial charge in [0, 0.05) is 23.2 Å². The van der Waals surface area contributed by atoms with Crippen molar-refractivity contribution in [3.8, 4) is 0 Å². The summed E-state index contributed by atoms with van der Waals surface area (Å²) in [5.74, 6) is -1.28. The lowest BCUT2D eigenvalue weighted by Gasteiger charge is -2.18. The lowest BCUT2D eigenvalue weighted by atomic mass is 10.00. The van der Waals surface area contributed by atoms with Crippen LogP contribution < -0.4 is 4.90 Å². The molecule has 1 aliphatic rings. The smallest absolute Gasteiger partial charge is 0.284 e. The number of alkyl halides is 1. The van der Waals surface area contributed by atoms with Gasteiger partial charge in [0.05, 0.1) is 11.4 Å². The molecule has 2 aromatic carbocycles. The number of carbonyl (C=O) groups excluding carboxylic acids is 1. The monoisotopic (exact) mass is 320 g/mol. The second-order valence-electron chi connectivity index (χ2n) is 4.88. The standard InChI is InChI=1S/C16H11ClF2N2O/c1-21-13-7-6-11(18)8-12(13)14(20-15(19)16(21)22)9-2-4-10(17)5-3-9/h2-8,15H,1H3. The number of carbonyl (C=O) groups is 1. The van der Waals surface area contributed by atoms with Crippen molar-refractivity contribution >= 4 is 28.9 Å². The van der Waals surface area contributed by atoms with Gasteiger partial charge in [-0.05, 0) is 30.3 Å². The Morgan fingerprint density at radius 3 is 2.55 bits per heavy atom. The largest absolute Gasteiger partial charge is 0.311 e. The van der Waals surface area contributed by atoms with Gasteiger partial charge in [-0.25, -0.2) is 13.8 Å². The van der Waals surface area contributed by atoms with Gasteiger partial charge in [0.25, 0.3) is 12.2 Å². The molecule has 0 aromatic heterocycles. The molecule has 112 valence electrons.